The Hall–Kier alpha value is -3.03. The number of hydrogen-bond donors (Lipinski definition) is 2. The summed E-state index contributed by atoms with van der Waals surface area (Å²) < 4.78 is 0. The summed E-state index contributed by atoms with van der Waals surface area (Å²) in [4.78, 5) is 29.4. The van der Waals surface area contributed by atoms with Crippen LogP contribution in [0.3, 0.4) is 0 Å². The van der Waals surface area contributed by atoms with Gasteiger partial charge in [0.05, 0.1) is 4.92 Å². The molecule has 1 aromatic carbocycles. The van der Waals surface area contributed by atoms with Gasteiger partial charge in [-0.2, -0.15) is 0 Å². The van der Waals surface area contributed by atoms with Gasteiger partial charge in [-0.3, -0.25) is 14.9 Å². The monoisotopic (exact) mass is 301 g/mol. The molecule has 0 aliphatic rings. The van der Waals surface area contributed by atoms with Gasteiger partial charge in [0.25, 0.3) is 5.91 Å². The second-order valence-corrected chi connectivity index (χ2v) is 4.57. The van der Waals surface area contributed by atoms with Gasteiger partial charge in [0, 0.05) is 18.7 Å². The number of carbonyl (C=O) groups excluding carboxylic acids is 1. The third-order valence-corrected chi connectivity index (χ3v) is 2.86. The first kappa shape index (κ1) is 15.4. The summed E-state index contributed by atoms with van der Waals surface area (Å²) in [7, 11) is 0. The number of benzene rings is 1. The number of aryl methyl sites for hydroxylation is 1. The van der Waals surface area contributed by atoms with E-state index in [2.05, 4.69) is 20.6 Å². The Kier molecular flexibility index (Phi) is 4.97. The van der Waals surface area contributed by atoms with Crippen LogP contribution in [0.15, 0.2) is 36.7 Å². The zero-order valence-corrected chi connectivity index (χ0v) is 11.9. The van der Waals surface area contributed by atoms with Crippen LogP contribution in [0, 0.1) is 17.0 Å². The molecule has 1 heterocycles. The molecule has 0 aliphatic heterocycles. The maximum atomic E-state index is 11.8. The topological polar surface area (TPSA) is 110 Å². The summed E-state index contributed by atoms with van der Waals surface area (Å²) >= 11 is 0. The van der Waals surface area contributed by atoms with E-state index in [0.717, 1.165) is 18.0 Å². The van der Waals surface area contributed by atoms with Gasteiger partial charge in [0.1, 0.15) is 12.4 Å². The molecule has 0 fully saturated rings. The fourth-order valence-corrected chi connectivity index (χ4v) is 1.66. The van der Waals surface area contributed by atoms with E-state index in [1.807, 2.05) is 19.1 Å². The van der Waals surface area contributed by atoms with E-state index in [9.17, 15) is 14.9 Å². The minimum atomic E-state index is -0.564. The molecule has 2 N–H and O–H groups in total. The van der Waals surface area contributed by atoms with Crippen LogP contribution in [-0.2, 0) is 0 Å². The van der Waals surface area contributed by atoms with Crippen molar-refractivity contribution in [1.29, 1.82) is 0 Å². The molecule has 2 rings (SSSR count). The van der Waals surface area contributed by atoms with Crippen molar-refractivity contribution in [3.05, 3.63) is 57.9 Å². The maximum Gasteiger partial charge on any atom is 0.305 e. The first-order valence-electron chi connectivity index (χ1n) is 6.61. The molecule has 0 radical (unpaired) electrons. The second-order valence-electron chi connectivity index (χ2n) is 4.57. The molecule has 0 bridgehead atoms. The summed E-state index contributed by atoms with van der Waals surface area (Å²) in [5, 5.41) is 16.1. The lowest BCUT2D eigenvalue weighted by Gasteiger charge is -2.07. The molecular formula is C14H15N5O3. The molecule has 0 saturated heterocycles. The Bertz CT molecular complexity index is 655. The Morgan fingerprint density at radius 2 is 1.82 bits per heavy atom. The van der Waals surface area contributed by atoms with Crippen LogP contribution in [0.2, 0.25) is 0 Å². The molecule has 1 aromatic heterocycles. The highest BCUT2D eigenvalue weighted by atomic mass is 16.6. The SMILES string of the molecule is Cc1ccc(C(=O)NCCNc2ncc([N+](=O)[O-])cn2)cc1. The maximum absolute atomic E-state index is 11.8. The number of nitro groups is 1. The van der Waals surface area contributed by atoms with Gasteiger partial charge in [-0.05, 0) is 19.1 Å². The Morgan fingerprint density at radius 3 is 2.41 bits per heavy atom. The highest BCUT2D eigenvalue weighted by Crippen LogP contribution is 2.07. The quantitative estimate of drug-likeness (QED) is 0.475. The van der Waals surface area contributed by atoms with Crippen molar-refractivity contribution in [2.75, 3.05) is 18.4 Å². The largest absolute Gasteiger partial charge is 0.352 e. The summed E-state index contributed by atoms with van der Waals surface area (Å²) in [6.07, 6.45) is 2.25. The van der Waals surface area contributed by atoms with E-state index in [1.165, 1.54) is 0 Å². The number of aromatic nitrogens is 2. The van der Waals surface area contributed by atoms with Gasteiger partial charge < -0.3 is 10.6 Å². The van der Waals surface area contributed by atoms with Crippen LogP contribution in [0.25, 0.3) is 0 Å². The third kappa shape index (κ3) is 4.23. The third-order valence-electron chi connectivity index (χ3n) is 2.86. The van der Waals surface area contributed by atoms with Crippen molar-refractivity contribution in [2.45, 2.75) is 6.92 Å². The normalized spacial score (nSPS) is 10.0. The fraction of sp³-hybridized carbons (Fsp3) is 0.214. The predicted octanol–water partition coefficient (Wildman–Crippen LogP) is 1.54. The Morgan fingerprint density at radius 1 is 1.18 bits per heavy atom. The molecule has 0 aliphatic carbocycles. The lowest BCUT2D eigenvalue weighted by atomic mass is 10.1. The van der Waals surface area contributed by atoms with Crippen LogP contribution in [-0.4, -0.2) is 33.9 Å². The van der Waals surface area contributed by atoms with E-state index in [4.69, 9.17) is 0 Å². The van der Waals surface area contributed by atoms with Gasteiger partial charge in [-0.25, -0.2) is 9.97 Å². The molecule has 0 spiro atoms. The van der Waals surface area contributed by atoms with Gasteiger partial charge in [-0.15, -0.1) is 0 Å². The molecule has 22 heavy (non-hydrogen) atoms. The lowest BCUT2D eigenvalue weighted by Crippen LogP contribution is -2.29. The average molecular weight is 301 g/mol. The first-order valence-corrected chi connectivity index (χ1v) is 6.61. The van der Waals surface area contributed by atoms with Crippen molar-refractivity contribution in [3.8, 4) is 0 Å². The second kappa shape index (κ2) is 7.11. The molecule has 8 nitrogen and oxygen atoms in total. The summed E-state index contributed by atoms with van der Waals surface area (Å²) in [6.45, 7) is 2.75. The van der Waals surface area contributed by atoms with Crippen LogP contribution in [0.4, 0.5) is 11.6 Å². The molecule has 114 valence electrons. The average Bonchev–Trinajstić information content (AvgIpc) is 2.52. The zero-order valence-electron chi connectivity index (χ0n) is 11.9. The van der Waals surface area contributed by atoms with Crippen molar-refractivity contribution in [3.63, 3.8) is 0 Å². The number of amides is 1. The Labute approximate surface area is 126 Å². The summed E-state index contributed by atoms with van der Waals surface area (Å²) in [5.74, 6) is 0.113. The molecule has 1 amide bonds. The van der Waals surface area contributed by atoms with E-state index in [1.54, 1.807) is 12.1 Å². The zero-order chi connectivity index (χ0) is 15.9. The van der Waals surface area contributed by atoms with Crippen LogP contribution in [0.1, 0.15) is 15.9 Å². The number of anilines is 1. The number of rotatable bonds is 6. The predicted molar refractivity (Wildman–Crippen MR) is 80.7 cm³/mol. The highest BCUT2D eigenvalue weighted by Gasteiger charge is 2.07. The molecule has 8 heteroatoms. The Balaban J connectivity index is 1.75. The summed E-state index contributed by atoms with van der Waals surface area (Å²) in [5.41, 5.74) is 1.52. The highest BCUT2D eigenvalue weighted by molar-refractivity contribution is 5.94. The lowest BCUT2D eigenvalue weighted by molar-refractivity contribution is -0.385. The minimum Gasteiger partial charge on any atom is -0.352 e. The van der Waals surface area contributed by atoms with Gasteiger partial charge in [0.15, 0.2) is 0 Å². The number of nitrogens with zero attached hydrogens (tertiary/aromatic N) is 3. The first-order chi connectivity index (χ1) is 10.6. The molecular weight excluding hydrogens is 286 g/mol. The van der Waals surface area contributed by atoms with Crippen molar-refractivity contribution >= 4 is 17.5 Å². The van der Waals surface area contributed by atoms with Crippen molar-refractivity contribution in [2.24, 2.45) is 0 Å². The summed E-state index contributed by atoms with van der Waals surface area (Å²) in [6, 6.07) is 7.27. The van der Waals surface area contributed by atoms with E-state index in [-0.39, 0.29) is 17.5 Å². The minimum absolute atomic E-state index is 0.161. The fourth-order valence-electron chi connectivity index (χ4n) is 1.66. The molecule has 0 unspecified atom stereocenters. The van der Waals surface area contributed by atoms with Gasteiger partial charge >= 0.3 is 5.69 Å². The van der Waals surface area contributed by atoms with E-state index < -0.39 is 4.92 Å². The molecule has 2 aromatic rings. The van der Waals surface area contributed by atoms with Gasteiger partial charge in [0.2, 0.25) is 5.95 Å². The van der Waals surface area contributed by atoms with E-state index >= 15 is 0 Å². The van der Waals surface area contributed by atoms with Crippen LogP contribution < -0.4 is 10.6 Å². The van der Waals surface area contributed by atoms with E-state index in [0.29, 0.717) is 18.7 Å². The standard InChI is InChI=1S/C14H15N5O3/c1-10-2-4-11(5-3-10)13(20)15-6-7-16-14-17-8-12(9-18-14)19(21)22/h2-5,8-9H,6-7H2,1H3,(H,15,20)(H,16,17,18). The number of carbonyl (C=O) groups is 1. The van der Waals surface area contributed by atoms with Crippen LogP contribution in [0.5, 0.6) is 0 Å². The smallest absolute Gasteiger partial charge is 0.305 e. The van der Waals surface area contributed by atoms with Crippen molar-refractivity contribution < 1.29 is 9.72 Å². The molecule has 0 atom stereocenters. The number of nitrogens with one attached hydrogen (secondary N) is 2. The van der Waals surface area contributed by atoms with Gasteiger partial charge in [-0.1, -0.05) is 17.7 Å². The molecule has 0 saturated carbocycles. The van der Waals surface area contributed by atoms with Crippen molar-refractivity contribution in [1.82, 2.24) is 15.3 Å². The number of hydrogen-bond acceptors (Lipinski definition) is 6. The van der Waals surface area contributed by atoms with Crippen LogP contribution >= 0.6 is 0 Å².